The molecule has 0 N–H and O–H groups in total. The molecule has 3 aromatic rings. The summed E-state index contributed by atoms with van der Waals surface area (Å²) in [5.74, 6) is 0.234. The maximum atomic E-state index is 13.2. The molecule has 0 bridgehead atoms. The van der Waals surface area contributed by atoms with E-state index in [4.69, 9.17) is 9.47 Å². The average Bonchev–Trinajstić information content (AvgIpc) is 2.87. The Kier molecular flexibility index (Phi) is 7.62. The van der Waals surface area contributed by atoms with Crippen LogP contribution >= 0.6 is 0 Å². The quantitative estimate of drug-likeness (QED) is 0.492. The van der Waals surface area contributed by atoms with Crippen molar-refractivity contribution in [3.8, 4) is 5.75 Å². The van der Waals surface area contributed by atoms with Crippen LogP contribution in [-0.2, 0) is 26.1 Å². The van der Waals surface area contributed by atoms with E-state index in [1.165, 1.54) is 16.4 Å². The first-order valence-electron chi connectivity index (χ1n) is 11.2. The minimum absolute atomic E-state index is 0.170. The molecule has 1 amide bonds. The van der Waals surface area contributed by atoms with Gasteiger partial charge in [0, 0.05) is 18.8 Å². The molecular weight excluding hydrogens is 452 g/mol. The Hall–Kier alpha value is -3.20. The first kappa shape index (κ1) is 23.9. The van der Waals surface area contributed by atoms with Crippen molar-refractivity contribution in [1.29, 1.82) is 0 Å². The van der Waals surface area contributed by atoms with Crippen LogP contribution in [0.1, 0.15) is 11.1 Å². The molecule has 8 heteroatoms. The summed E-state index contributed by atoms with van der Waals surface area (Å²) in [5, 5.41) is 0. The van der Waals surface area contributed by atoms with Crippen LogP contribution in [0.2, 0.25) is 0 Å². The van der Waals surface area contributed by atoms with Crippen molar-refractivity contribution in [1.82, 2.24) is 4.31 Å². The molecule has 0 unspecified atom stereocenters. The second-order valence-electron chi connectivity index (χ2n) is 8.08. The fourth-order valence-electron chi connectivity index (χ4n) is 3.75. The van der Waals surface area contributed by atoms with Gasteiger partial charge in [-0.15, -0.1) is 0 Å². The monoisotopic (exact) mass is 480 g/mol. The lowest BCUT2D eigenvalue weighted by molar-refractivity contribution is -0.120. The minimum Gasteiger partial charge on any atom is -0.484 e. The molecule has 1 aliphatic rings. The van der Waals surface area contributed by atoms with Gasteiger partial charge in [0.15, 0.2) is 6.61 Å². The van der Waals surface area contributed by atoms with Gasteiger partial charge in [-0.25, -0.2) is 8.42 Å². The van der Waals surface area contributed by atoms with Gasteiger partial charge in [-0.1, -0.05) is 42.5 Å². The van der Waals surface area contributed by atoms with Crippen molar-refractivity contribution in [3.05, 3.63) is 90.0 Å². The predicted octanol–water partition coefficient (Wildman–Crippen LogP) is 3.63. The lowest BCUT2D eigenvalue weighted by Crippen LogP contribution is -2.40. The molecule has 1 saturated heterocycles. The highest BCUT2D eigenvalue weighted by Crippen LogP contribution is 2.22. The van der Waals surface area contributed by atoms with Gasteiger partial charge in [0.2, 0.25) is 10.0 Å². The van der Waals surface area contributed by atoms with Gasteiger partial charge in [-0.05, 0) is 54.4 Å². The Morgan fingerprint density at radius 2 is 1.68 bits per heavy atom. The zero-order valence-corrected chi connectivity index (χ0v) is 19.9. The molecule has 1 fully saturated rings. The molecular formula is C26H28N2O5S. The smallest absolute Gasteiger partial charge is 0.265 e. The number of hydrogen-bond donors (Lipinski definition) is 0. The number of ether oxygens (including phenoxy) is 2. The lowest BCUT2D eigenvalue weighted by atomic mass is 10.1. The Bertz CT molecular complexity index is 1210. The summed E-state index contributed by atoms with van der Waals surface area (Å²) in [6, 6.07) is 23.7. The summed E-state index contributed by atoms with van der Waals surface area (Å²) in [4.78, 5) is 15.0. The lowest BCUT2D eigenvalue weighted by Gasteiger charge is -2.26. The Morgan fingerprint density at radius 1 is 0.971 bits per heavy atom. The number of nitrogens with zero attached hydrogens (tertiary/aromatic N) is 2. The predicted molar refractivity (Wildman–Crippen MR) is 130 cm³/mol. The van der Waals surface area contributed by atoms with Crippen LogP contribution < -0.4 is 9.64 Å². The molecule has 1 heterocycles. The molecule has 178 valence electrons. The third-order valence-electron chi connectivity index (χ3n) is 5.59. The van der Waals surface area contributed by atoms with E-state index in [0.717, 1.165) is 16.8 Å². The van der Waals surface area contributed by atoms with E-state index in [-0.39, 0.29) is 17.4 Å². The van der Waals surface area contributed by atoms with Crippen molar-refractivity contribution in [2.45, 2.75) is 18.4 Å². The zero-order chi connectivity index (χ0) is 24.0. The van der Waals surface area contributed by atoms with Gasteiger partial charge in [0.05, 0.1) is 24.7 Å². The van der Waals surface area contributed by atoms with Gasteiger partial charge in [-0.2, -0.15) is 4.31 Å². The van der Waals surface area contributed by atoms with Crippen molar-refractivity contribution in [2.24, 2.45) is 0 Å². The topological polar surface area (TPSA) is 76.2 Å². The molecule has 0 spiro atoms. The van der Waals surface area contributed by atoms with Crippen LogP contribution in [0.25, 0.3) is 0 Å². The number of aryl methyl sites for hydroxylation is 1. The second kappa shape index (κ2) is 10.8. The van der Waals surface area contributed by atoms with Gasteiger partial charge in [0.1, 0.15) is 5.75 Å². The molecule has 0 aromatic heterocycles. The highest BCUT2D eigenvalue weighted by Gasteiger charge is 2.26. The number of anilines is 1. The Labute approximate surface area is 200 Å². The van der Waals surface area contributed by atoms with E-state index >= 15 is 0 Å². The Morgan fingerprint density at radius 3 is 2.35 bits per heavy atom. The maximum absolute atomic E-state index is 13.2. The number of rotatable bonds is 8. The van der Waals surface area contributed by atoms with Crippen molar-refractivity contribution in [3.63, 3.8) is 0 Å². The number of hydrogen-bond acceptors (Lipinski definition) is 5. The number of benzene rings is 3. The SMILES string of the molecule is Cc1cccc(N(Cc2ccccc2)C(=O)COc2ccc(S(=O)(=O)N3CCOCC3)cc2)c1. The average molecular weight is 481 g/mol. The molecule has 3 aromatic carbocycles. The number of morpholine rings is 1. The first-order chi connectivity index (χ1) is 16.4. The van der Waals surface area contributed by atoms with Crippen molar-refractivity contribution in [2.75, 3.05) is 37.8 Å². The normalized spacial score (nSPS) is 14.5. The van der Waals surface area contributed by atoms with E-state index in [1.807, 2.05) is 61.5 Å². The molecule has 7 nitrogen and oxygen atoms in total. The molecule has 0 atom stereocenters. The summed E-state index contributed by atoms with van der Waals surface area (Å²) in [6.07, 6.45) is 0. The van der Waals surface area contributed by atoms with Crippen LogP contribution in [0.4, 0.5) is 5.69 Å². The third-order valence-corrected chi connectivity index (χ3v) is 7.50. The van der Waals surface area contributed by atoms with Gasteiger partial charge >= 0.3 is 0 Å². The van der Waals surface area contributed by atoms with Gasteiger partial charge < -0.3 is 14.4 Å². The second-order valence-corrected chi connectivity index (χ2v) is 10.0. The van der Waals surface area contributed by atoms with Crippen molar-refractivity contribution >= 4 is 21.6 Å². The van der Waals surface area contributed by atoms with Crippen LogP contribution in [-0.4, -0.2) is 51.5 Å². The van der Waals surface area contributed by atoms with Crippen molar-refractivity contribution < 1.29 is 22.7 Å². The fraction of sp³-hybridized carbons (Fsp3) is 0.269. The van der Waals surface area contributed by atoms with E-state index in [0.29, 0.717) is 38.6 Å². The van der Waals surface area contributed by atoms with Gasteiger partial charge in [-0.3, -0.25) is 4.79 Å². The summed E-state index contributed by atoms with van der Waals surface area (Å²) < 4.78 is 37.9. The maximum Gasteiger partial charge on any atom is 0.265 e. The number of sulfonamides is 1. The molecule has 0 aliphatic carbocycles. The molecule has 34 heavy (non-hydrogen) atoms. The van der Waals surface area contributed by atoms with E-state index in [2.05, 4.69) is 0 Å². The summed E-state index contributed by atoms with van der Waals surface area (Å²) in [7, 11) is -3.58. The van der Waals surface area contributed by atoms with Crippen LogP contribution in [0, 0.1) is 6.92 Å². The van der Waals surface area contributed by atoms with E-state index in [1.54, 1.807) is 17.0 Å². The number of amides is 1. The standard InChI is InChI=1S/C26H28N2O5S/c1-21-6-5-9-23(18-21)28(19-22-7-3-2-4-8-22)26(29)20-33-24-10-12-25(13-11-24)34(30,31)27-14-16-32-17-15-27/h2-13,18H,14-17,19-20H2,1H3. The summed E-state index contributed by atoms with van der Waals surface area (Å²) in [6.45, 7) is 3.69. The summed E-state index contributed by atoms with van der Waals surface area (Å²) in [5.41, 5.74) is 2.86. The summed E-state index contributed by atoms with van der Waals surface area (Å²) >= 11 is 0. The zero-order valence-electron chi connectivity index (χ0n) is 19.1. The largest absolute Gasteiger partial charge is 0.484 e. The van der Waals surface area contributed by atoms with Gasteiger partial charge in [0.25, 0.3) is 5.91 Å². The van der Waals surface area contributed by atoms with Crippen LogP contribution in [0.3, 0.4) is 0 Å². The molecule has 1 aliphatic heterocycles. The number of carbonyl (C=O) groups excluding carboxylic acids is 1. The Balaban J connectivity index is 1.45. The van der Waals surface area contributed by atoms with Crippen LogP contribution in [0.5, 0.6) is 5.75 Å². The molecule has 4 rings (SSSR count). The third kappa shape index (κ3) is 5.83. The highest BCUT2D eigenvalue weighted by atomic mass is 32.2. The molecule has 0 radical (unpaired) electrons. The first-order valence-corrected chi connectivity index (χ1v) is 12.6. The fourth-order valence-corrected chi connectivity index (χ4v) is 5.16. The molecule has 0 saturated carbocycles. The number of carbonyl (C=O) groups is 1. The van der Waals surface area contributed by atoms with Crippen LogP contribution in [0.15, 0.2) is 83.8 Å². The van der Waals surface area contributed by atoms with E-state index < -0.39 is 10.0 Å². The van der Waals surface area contributed by atoms with E-state index in [9.17, 15) is 13.2 Å². The highest BCUT2D eigenvalue weighted by molar-refractivity contribution is 7.89. The minimum atomic E-state index is -3.58.